The molecule has 0 aliphatic heterocycles. The number of nitrogens with one attached hydrogen (secondary N) is 2. The van der Waals surface area contributed by atoms with E-state index in [0.29, 0.717) is 34.7 Å². The third-order valence-corrected chi connectivity index (χ3v) is 4.91. The zero-order valence-corrected chi connectivity index (χ0v) is 18.2. The summed E-state index contributed by atoms with van der Waals surface area (Å²) in [6.45, 7) is 2.38. The van der Waals surface area contributed by atoms with Crippen LogP contribution in [0.15, 0.2) is 76.4 Å². The maximum absolute atomic E-state index is 13.1. The molecule has 0 radical (unpaired) electrons. The summed E-state index contributed by atoms with van der Waals surface area (Å²) in [5, 5.41) is 0.0900. The SMILES string of the molecule is CCOc1ccc(C=c2[nH]c(=O)c(=Cc3cccc(C(=O)c4ccc(F)cc4)c3)[nH]c2=O)nc1. The lowest BCUT2D eigenvalue weighted by Gasteiger charge is -2.03. The number of hydrogen-bond acceptors (Lipinski definition) is 5. The number of hydrogen-bond donors (Lipinski definition) is 2. The average molecular weight is 457 g/mol. The number of pyridine rings is 1. The Hall–Kier alpha value is -4.59. The summed E-state index contributed by atoms with van der Waals surface area (Å²) in [5.74, 6) is -0.113. The van der Waals surface area contributed by atoms with Gasteiger partial charge in [0, 0.05) is 11.1 Å². The average Bonchev–Trinajstić information content (AvgIpc) is 2.84. The lowest BCUT2D eigenvalue weighted by atomic mass is 10.0. The van der Waals surface area contributed by atoms with Gasteiger partial charge in [-0.3, -0.25) is 19.4 Å². The predicted molar refractivity (Wildman–Crippen MR) is 126 cm³/mol. The van der Waals surface area contributed by atoms with E-state index in [0.717, 1.165) is 0 Å². The Morgan fingerprint density at radius 3 is 2.29 bits per heavy atom. The van der Waals surface area contributed by atoms with E-state index in [1.165, 1.54) is 42.6 Å². The first kappa shape index (κ1) is 22.6. The van der Waals surface area contributed by atoms with Crippen LogP contribution in [0.1, 0.15) is 34.1 Å². The Kier molecular flexibility index (Phi) is 6.59. The molecule has 0 atom stereocenters. The molecule has 7 nitrogen and oxygen atoms in total. The van der Waals surface area contributed by atoms with Crippen LogP contribution in [0, 0.1) is 5.82 Å². The van der Waals surface area contributed by atoms with Gasteiger partial charge < -0.3 is 14.7 Å². The van der Waals surface area contributed by atoms with Gasteiger partial charge in [0.1, 0.15) is 22.3 Å². The Morgan fingerprint density at radius 1 is 0.941 bits per heavy atom. The van der Waals surface area contributed by atoms with Crippen LogP contribution in [0.2, 0.25) is 0 Å². The lowest BCUT2D eigenvalue weighted by molar-refractivity contribution is 0.103. The fourth-order valence-electron chi connectivity index (χ4n) is 3.28. The smallest absolute Gasteiger partial charge is 0.272 e. The highest BCUT2D eigenvalue weighted by Gasteiger charge is 2.09. The molecule has 0 saturated heterocycles. The van der Waals surface area contributed by atoms with Crippen molar-refractivity contribution in [1.29, 1.82) is 0 Å². The number of aromatic amines is 2. The Morgan fingerprint density at radius 2 is 1.65 bits per heavy atom. The van der Waals surface area contributed by atoms with E-state index in [2.05, 4.69) is 15.0 Å². The van der Waals surface area contributed by atoms with Gasteiger partial charge in [-0.1, -0.05) is 18.2 Å². The van der Waals surface area contributed by atoms with Crippen LogP contribution >= 0.6 is 0 Å². The van der Waals surface area contributed by atoms with Gasteiger partial charge in [-0.05, 0) is 67.1 Å². The normalized spacial score (nSPS) is 12.1. The molecular weight excluding hydrogens is 437 g/mol. The summed E-state index contributed by atoms with van der Waals surface area (Å²) in [6, 6.07) is 15.2. The van der Waals surface area contributed by atoms with Gasteiger partial charge in [-0.15, -0.1) is 0 Å². The zero-order valence-electron chi connectivity index (χ0n) is 18.2. The number of rotatable bonds is 6. The summed E-state index contributed by atoms with van der Waals surface area (Å²) < 4.78 is 18.5. The standard InChI is InChI=1S/C26H20FN3O4/c1-2-34-21-11-10-20(28-15-21)14-23-26(33)29-22(25(32)30-23)13-16-4-3-5-18(12-16)24(31)17-6-8-19(27)9-7-17/h3-15H,2H2,1H3,(H,29,33)(H,30,32). The quantitative estimate of drug-likeness (QED) is 0.430. The minimum atomic E-state index is -0.507. The number of nitrogens with zero attached hydrogens (tertiary/aromatic N) is 1. The molecule has 0 aliphatic rings. The van der Waals surface area contributed by atoms with Crippen molar-refractivity contribution in [3.63, 3.8) is 0 Å². The van der Waals surface area contributed by atoms with Gasteiger partial charge in [0.15, 0.2) is 5.78 Å². The number of aromatic nitrogens is 3. The van der Waals surface area contributed by atoms with Crippen LogP contribution in [0.4, 0.5) is 4.39 Å². The molecule has 0 spiro atoms. The van der Waals surface area contributed by atoms with Crippen molar-refractivity contribution in [1.82, 2.24) is 15.0 Å². The molecule has 170 valence electrons. The number of carbonyl (C=O) groups excluding carboxylic acids is 1. The molecule has 0 saturated carbocycles. The molecule has 0 amide bonds. The molecule has 0 aliphatic carbocycles. The lowest BCUT2D eigenvalue weighted by Crippen LogP contribution is -2.46. The fraction of sp³-hybridized carbons (Fsp3) is 0.0769. The number of H-pyrrole nitrogens is 2. The number of carbonyl (C=O) groups is 1. The van der Waals surface area contributed by atoms with E-state index in [1.807, 2.05) is 6.92 Å². The maximum Gasteiger partial charge on any atom is 0.272 e. The number of halogens is 1. The first-order valence-electron chi connectivity index (χ1n) is 10.5. The first-order chi connectivity index (χ1) is 16.4. The minimum absolute atomic E-state index is 0.0354. The van der Waals surface area contributed by atoms with E-state index in [9.17, 15) is 18.8 Å². The van der Waals surface area contributed by atoms with Crippen LogP contribution < -0.4 is 26.6 Å². The van der Waals surface area contributed by atoms with E-state index in [1.54, 1.807) is 36.4 Å². The van der Waals surface area contributed by atoms with E-state index in [-0.39, 0.29) is 16.5 Å². The molecule has 8 heteroatoms. The Bertz CT molecular complexity index is 1570. The second-order valence-electron chi connectivity index (χ2n) is 7.34. The summed E-state index contributed by atoms with van der Waals surface area (Å²) >= 11 is 0. The molecular formula is C26H20FN3O4. The van der Waals surface area contributed by atoms with E-state index < -0.39 is 16.9 Å². The van der Waals surface area contributed by atoms with Crippen LogP contribution in [0.5, 0.6) is 5.75 Å². The molecule has 4 aromatic rings. The third kappa shape index (κ3) is 5.24. The molecule has 4 rings (SSSR count). The highest BCUT2D eigenvalue weighted by atomic mass is 19.1. The molecule has 34 heavy (non-hydrogen) atoms. The highest BCUT2D eigenvalue weighted by molar-refractivity contribution is 6.09. The van der Waals surface area contributed by atoms with Gasteiger partial charge in [0.05, 0.1) is 18.5 Å². The van der Waals surface area contributed by atoms with Crippen LogP contribution in [-0.2, 0) is 0 Å². The van der Waals surface area contributed by atoms with Crippen LogP contribution in [0.3, 0.4) is 0 Å². The van der Waals surface area contributed by atoms with Crippen molar-refractivity contribution < 1.29 is 13.9 Å². The van der Waals surface area contributed by atoms with Gasteiger partial charge >= 0.3 is 0 Å². The van der Waals surface area contributed by atoms with Gasteiger partial charge in [0.25, 0.3) is 11.1 Å². The Balaban J connectivity index is 1.66. The topological polar surface area (TPSA) is 105 Å². The molecule has 2 N–H and O–H groups in total. The van der Waals surface area contributed by atoms with E-state index in [4.69, 9.17) is 4.74 Å². The van der Waals surface area contributed by atoms with Crippen molar-refractivity contribution in [3.8, 4) is 5.75 Å². The molecule has 2 heterocycles. The summed E-state index contributed by atoms with van der Waals surface area (Å²) in [5.41, 5.74) is 0.720. The van der Waals surface area contributed by atoms with Crippen LogP contribution in [-0.4, -0.2) is 27.3 Å². The van der Waals surface area contributed by atoms with Gasteiger partial charge in [-0.2, -0.15) is 0 Å². The van der Waals surface area contributed by atoms with Crippen LogP contribution in [0.25, 0.3) is 12.2 Å². The molecule has 0 bridgehead atoms. The van der Waals surface area contributed by atoms with Crippen molar-refractivity contribution in [2.45, 2.75) is 6.92 Å². The third-order valence-electron chi connectivity index (χ3n) is 4.91. The fourth-order valence-corrected chi connectivity index (χ4v) is 3.28. The second-order valence-corrected chi connectivity index (χ2v) is 7.34. The van der Waals surface area contributed by atoms with Crippen molar-refractivity contribution in [2.24, 2.45) is 0 Å². The van der Waals surface area contributed by atoms with Crippen molar-refractivity contribution >= 4 is 17.9 Å². The summed E-state index contributed by atoms with van der Waals surface area (Å²) in [7, 11) is 0. The van der Waals surface area contributed by atoms with Gasteiger partial charge in [-0.25, -0.2) is 4.39 Å². The predicted octanol–water partition coefficient (Wildman–Crippen LogP) is 1.88. The van der Waals surface area contributed by atoms with Gasteiger partial charge in [0.2, 0.25) is 0 Å². The summed E-state index contributed by atoms with van der Waals surface area (Å²) in [6.07, 6.45) is 4.46. The second kappa shape index (κ2) is 9.91. The Labute approximate surface area is 192 Å². The maximum atomic E-state index is 13.1. The monoisotopic (exact) mass is 457 g/mol. The largest absolute Gasteiger partial charge is 0.492 e. The minimum Gasteiger partial charge on any atom is -0.492 e. The summed E-state index contributed by atoms with van der Waals surface area (Å²) in [4.78, 5) is 47.1. The molecule has 2 aromatic heterocycles. The molecule has 2 aromatic carbocycles. The highest BCUT2D eigenvalue weighted by Crippen LogP contribution is 2.13. The molecule has 0 unspecified atom stereocenters. The molecule has 0 fully saturated rings. The number of ketones is 1. The van der Waals surface area contributed by atoms with Crippen molar-refractivity contribution in [3.05, 3.63) is 126 Å². The number of ether oxygens (including phenoxy) is 1. The van der Waals surface area contributed by atoms with Crippen molar-refractivity contribution in [2.75, 3.05) is 6.61 Å². The zero-order chi connectivity index (χ0) is 24.1. The first-order valence-corrected chi connectivity index (χ1v) is 10.5. The number of benzene rings is 2. The van der Waals surface area contributed by atoms with E-state index >= 15 is 0 Å².